The van der Waals surface area contributed by atoms with Crippen LogP contribution in [0.4, 0.5) is 0 Å². The van der Waals surface area contributed by atoms with Crippen LogP contribution in [0.1, 0.15) is 19.8 Å². The van der Waals surface area contributed by atoms with Crippen LogP contribution in [0.15, 0.2) is 29.2 Å². The summed E-state index contributed by atoms with van der Waals surface area (Å²) in [4.78, 5) is 4.65. The topological polar surface area (TPSA) is 81.9 Å². The molecule has 0 spiro atoms. The molecule has 0 atom stereocenters. The number of sulfonamides is 1. The van der Waals surface area contributed by atoms with Crippen LogP contribution >= 0.6 is 0 Å². The Bertz CT molecular complexity index is 488. The molecule has 0 aliphatic carbocycles. The lowest BCUT2D eigenvalue weighted by Gasteiger charge is -2.17. The molecule has 0 fully saturated rings. The van der Waals surface area contributed by atoms with Gasteiger partial charge in [-0.05, 0) is 30.7 Å². The van der Waals surface area contributed by atoms with Gasteiger partial charge in [0.2, 0.25) is 10.0 Å². The van der Waals surface area contributed by atoms with Gasteiger partial charge in [-0.1, -0.05) is 13.3 Å². The predicted octanol–water partition coefficient (Wildman–Crippen LogP) is 1.38. The second kappa shape index (κ2) is 8.21. The number of rotatable bonds is 9. The molecule has 0 amide bonds. The number of benzene rings is 1. The zero-order chi connectivity index (χ0) is 15.0. The van der Waals surface area contributed by atoms with Crippen molar-refractivity contribution < 1.29 is 18.0 Å². The minimum atomic E-state index is -3.42. The fraction of sp³-hybridized carbons (Fsp3) is 0.538. The molecule has 1 rings (SSSR count). The van der Waals surface area contributed by atoms with E-state index in [0.717, 1.165) is 12.8 Å². The van der Waals surface area contributed by atoms with Crippen molar-refractivity contribution in [3.63, 3.8) is 0 Å². The summed E-state index contributed by atoms with van der Waals surface area (Å²) in [5.41, 5.74) is 0. The molecule has 0 aliphatic heterocycles. The average molecular weight is 302 g/mol. The lowest BCUT2D eigenvalue weighted by atomic mass is 10.3. The fourth-order valence-electron chi connectivity index (χ4n) is 1.60. The Morgan fingerprint density at radius 1 is 1.20 bits per heavy atom. The zero-order valence-electron chi connectivity index (χ0n) is 11.9. The van der Waals surface area contributed by atoms with E-state index in [0.29, 0.717) is 18.9 Å². The molecule has 0 radical (unpaired) electrons. The van der Waals surface area contributed by atoms with E-state index in [-0.39, 0.29) is 11.5 Å². The first-order valence-electron chi connectivity index (χ1n) is 6.53. The van der Waals surface area contributed by atoms with Crippen LogP contribution in [0.5, 0.6) is 5.75 Å². The molecule has 114 valence electrons. The van der Waals surface area contributed by atoms with E-state index in [9.17, 15) is 8.42 Å². The number of ether oxygens (including phenoxy) is 1. The first-order chi connectivity index (χ1) is 9.52. The summed E-state index contributed by atoms with van der Waals surface area (Å²) in [5.74, 6) is 5.46. The van der Waals surface area contributed by atoms with Crippen LogP contribution in [0.2, 0.25) is 0 Å². The van der Waals surface area contributed by atoms with Gasteiger partial charge in [0.05, 0.1) is 4.90 Å². The van der Waals surface area contributed by atoms with Crippen molar-refractivity contribution in [3.8, 4) is 5.75 Å². The molecule has 1 aromatic rings. The van der Waals surface area contributed by atoms with Crippen molar-refractivity contribution in [1.29, 1.82) is 0 Å². The normalized spacial score (nSPS) is 11.8. The average Bonchev–Trinajstić information content (AvgIpc) is 2.45. The number of nitrogens with zero attached hydrogens (tertiary/aromatic N) is 1. The first kappa shape index (κ1) is 16.9. The second-order valence-corrected chi connectivity index (χ2v) is 6.42. The molecule has 0 aliphatic rings. The van der Waals surface area contributed by atoms with E-state index in [4.69, 9.17) is 10.6 Å². The van der Waals surface area contributed by atoms with Crippen LogP contribution in [0.3, 0.4) is 0 Å². The van der Waals surface area contributed by atoms with Gasteiger partial charge in [-0.25, -0.2) is 18.6 Å². The third kappa shape index (κ3) is 4.75. The summed E-state index contributed by atoms with van der Waals surface area (Å²) in [5, 5.41) is 0. The number of hydrogen-bond acceptors (Lipinski definition) is 5. The Labute approximate surface area is 120 Å². The molecular formula is C13H22N2O4S. The highest BCUT2D eigenvalue weighted by atomic mass is 32.2. The largest absolute Gasteiger partial charge is 0.491 e. The van der Waals surface area contributed by atoms with E-state index in [1.807, 2.05) is 6.92 Å². The summed E-state index contributed by atoms with van der Waals surface area (Å²) in [6.07, 6.45) is 1.80. The smallest absolute Gasteiger partial charge is 0.242 e. The molecule has 0 aromatic heterocycles. The molecule has 7 heteroatoms. The van der Waals surface area contributed by atoms with Crippen molar-refractivity contribution in [1.82, 2.24) is 4.31 Å². The molecule has 0 saturated heterocycles. The maximum Gasteiger partial charge on any atom is 0.242 e. The van der Waals surface area contributed by atoms with Gasteiger partial charge >= 0.3 is 0 Å². The Morgan fingerprint density at radius 2 is 1.85 bits per heavy atom. The summed E-state index contributed by atoms with van der Waals surface area (Å²) in [6, 6.07) is 6.32. The van der Waals surface area contributed by atoms with Crippen molar-refractivity contribution >= 4 is 10.0 Å². The van der Waals surface area contributed by atoms with Crippen molar-refractivity contribution in [3.05, 3.63) is 24.3 Å². The third-order valence-electron chi connectivity index (χ3n) is 2.83. The van der Waals surface area contributed by atoms with Crippen LogP contribution in [0.25, 0.3) is 0 Å². The van der Waals surface area contributed by atoms with Gasteiger partial charge in [0.25, 0.3) is 0 Å². The third-order valence-corrected chi connectivity index (χ3v) is 4.70. The van der Waals surface area contributed by atoms with E-state index in [1.165, 1.54) is 16.4 Å². The Kier molecular flexibility index (Phi) is 6.94. The monoisotopic (exact) mass is 302 g/mol. The molecular weight excluding hydrogens is 280 g/mol. The van der Waals surface area contributed by atoms with Crippen molar-refractivity contribution in [2.45, 2.75) is 24.7 Å². The van der Waals surface area contributed by atoms with E-state index in [1.54, 1.807) is 19.2 Å². The molecule has 2 N–H and O–H groups in total. The van der Waals surface area contributed by atoms with Gasteiger partial charge in [0.15, 0.2) is 0 Å². The lowest BCUT2D eigenvalue weighted by molar-refractivity contribution is 0.102. The van der Waals surface area contributed by atoms with E-state index in [2.05, 4.69) is 4.84 Å². The van der Waals surface area contributed by atoms with E-state index >= 15 is 0 Å². The fourth-order valence-corrected chi connectivity index (χ4v) is 2.81. The molecule has 0 heterocycles. The number of hydrogen-bond donors (Lipinski definition) is 1. The zero-order valence-corrected chi connectivity index (χ0v) is 12.7. The van der Waals surface area contributed by atoms with Crippen LogP contribution in [-0.4, -0.2) is 39.5 Å². The molecule has 0 saturated carbocycles. The molecule has 1 aromatic carbocycles. The Balaban J connectivity index is 2.71. The lowest BCUT2D eigenvalue weighted by Crippen LogP contribution is -2.27. The van der Waals surface area contributed by atoms with Gasteiger partial charge < -0.3 is 9.57 Å². The molecule has 0 unspecified atom stereocenters. The SMILES string of the molecule is CCCCN(C)S(=O)(=O)c1ccc(OCCON)cc1. The first-order valence-corrected chi connectivity index (χ1v) is 7.97. The van der Waals surface area contributed by atoms with Crippen molar-refractivity contribution in [2.75, 3.05) is 26.8 Å². The minimum absolute atomic E-state index is 0.263. The maximum atomic E-state index is 12.3. The van der Waals surface area contributed by atoms with Gasteiger partial charge in [0.1, 0.15) is 19.0 Å². The molecule has 6 nitrogen and oxygen atoms in total. The summed E-state index contributed by atoms with van der Waals surface area (Å²) in [7, 11) is -1.83. The van der Waals surface area contributed by atoms with Gasteiger partial charge in [-0.15, -0.1) is 0 Å². The summed E-state index contributed by atoms with van der Waals surface area (Å²) in [6.45, 7) is 3.14. The number of unbranched alkanes of at least 4 members (excludes halogenated alkanes) is 1. The highest BCUT2D eigenvalue weighted by molar-refractivity contribution is 7.89. The van der Waals surface area contributed by atoms with Crippen LogP contribution in [-0.2, 0) is 14.9 Å². The maximum absolute atomic E-state index is 12.3. The molecule has 20 heavy (non-hydrogen) atoms. The minimum Gasteiger partial charge on any atom is -0.491 e. The predicted molar refractivity (Wildman–Crippen MR) is 76.8 cm³/mol. The Morgan fingerprint density at radius 3 is 2.40 bits per heavy atom. The van der Waals surface area contributed by atoms with Crippen LogP contribution < -0.4 is 10.6 Å². The van der Waals surface area contributed by atoms with Gasteiger partial charge in [0, 0.05) is 13.6 Å². The summed E-state index contributed by atoms with van der Waals surface area (Å²) < 4.78 is 31.2. The quantitative estimate of drug-likeness (QED) is 0.550. The van der Waals surface area contributed by atoms with Gasteiger partial charge in [-0.3, -0.25) is 0 Å². The Hall–Kier alpha value is -1.15. The van der Waals surface area contributed by atoms with Crippen molar-refractivity contribution in [2.24, 2.45) is 5.90 Å². The standard InChI is InChI=1S/C13H22N2O4S/c1-3-4-9-15(2)20(16,17)13-7-5-12(6-8-13)18-10-11-19-14/h5-8H,3-4,9-11,14H2,1-2H3. The highest BCUT2D eigenvalue weighted by Gasteiger charge is 2.19. The van der Waals surface area contributed by atoms with E-state index < -0.39 is 10.0 Å². The molecule has 0 bridgehead atoms. The summed E-state index contributed by atoms with van der Waals surface area (Å²) >= 11 is 0. The highest BCUT2D eigenvalue weighted by Crippen LogP contribution is 2.19. The van der Waals surface area contributed by atoms with Crippen LogP contribution in [0, 0.1) is 0 Å². The second-order valence-electron chi connectivity index (χ2n) is 4.37. The van der Waals surface area contributed by atoms with Gasteiger partial charge in [-0.2, -0.15) is 0 Å². The number of nitrogens with two attached hydrogens (primary N) is 1.